The standard InChI is InChI=1S/C18H25N5O/c1-20-7-4-6-16(20)18(24)22-10-5-11-23-14-19-15(17(23)13-22)12-21-8-2-3-9-21/h4,6-7,14H,2-3,5,8-13H2,1H3. The predicted octanol–water partition coefficient (Wildman–Crippen LogP) is 1.86. The highest BCUT2D eigenvalue weighted by Crippen LogP contribution is 2.21. The van der Waals surface area contributed by atoms with Crippen LogP contribution in [0.3, 0.4) is 0 Å². The summed E-state index contributed by atoms with van der Waals surface area (Å²) < 4.78 is 4.14. The first-order valence-electron chi connectivity index (χ1n) is 8.88. The molecule has 0 aliphatic carbocycles. The number of nitrogens with zero attached hydrogens (tertiary/aromatic N) is 5. The SMILES string of the molecule is Cn1cccc1C(=O)N1CCCn2cnc(CN3CCCC3)c2C1. The first-order chi connectivity index (χ1) is 11.7. The van der Waals surface area contributed by atoms with Gasteiger partial charge in [-0.15, -0.1) is 0 Å². The molecule has 0 aromatic carbocycles. The van der Waals surface area contributed by atoms with Crippen LogP contribution in [0.25, 0.3) is 0 Å². The van der Waals surface area contributed by atoms with Crippen molar-refractivity contribution >= 4 is 5.91 Å². The molecule has 128 valence electrons. The number of likely N-dealkylation sites (tertiary alicyclic amines) is 1. The molecule has 0 N–H and O–H groups in total. The molecule has 0 spiro atoms. The van der Waals surface area contributed by atoms with E-state index in [1.807, 2.05) is 41.2 Å². The zero-order chi connectivity index (χ0) is 16.5. The minimum atomic E-state index is 0.115. The molecule has 6 nitrogen and oxygen atoms in total. The minimum absolute atomic E-state index is 0.115. The summed E-state index contributed by atoms with van der Waals surface area (Å²) in [5.41, 5.74) is 3.11. The lowest BCUT2D eigenvalue weighted by Gasteiger charge is -2.21. The average Bonchev–Trinajstić information content (AvgIpc) is 3.28. The molecule has 0 saturated carbocycles. The smallest absolute Gasteiger partial charge is 0.270 e. The normalized spacial score (nSPS) is 18.6. The molecule has 4 heterocycles. The molecular formula is C18H25N5O. The maximum absolute atomic E-state index is 12.9. The lowest BCUT2D eigenvalue weighted by molar-refractivity contribution is 0.0735. The summed E-state index contributed by atoms with van der Waals surface area (Å²) in [7, 11) is 1.92. The molecule has 2 aromatic heterocycles. The molecule has 6 heteroatoms. The van der Waals surface area contributed by atoms with Crippen LogP contribution in [-0.4, -0.2) is 49.5 Å². The molecule has 1 saturated heterocycles. The minimum Gasteiger partial charge on any atom is -0.347 e. The number of amides is 1. The Morgan fingerprint density at radius 2 is 2.00 bits per heavy atom. The van der Waals surface area contributed by atoms with Gasteiger partial charge in [-0.2, -0.15) is 0 Å². The Hall–Kier alpha value is -2.08. The Kier molecular flexibility index (Phi) is 4.14. The first kappa shape index (κ1) is 15.4. The molecular weight excluding hydrogens is 302 g/mol. The molecule has 1 amide bonds. The van der Waals surface area contributed by atoms with Gasteiger partial charge in [0.25, 0.3) is 5.91 Å². The fraction of sp³-hybridized carbons (Fsp3) is 0.556. The van der Waals surface area contributed by atoms with Crippen LogP contribution in [0.2, 0.25) is 0 Å². The second-order valence-electron chi connectivity index (χ2n) is 6.90. The number of hydrogen-bond donors (Lipinski definition) is 0. The van der Waals surface area contributed by atoms with Crippen molar-refractivity contribution in [3.63, 3.8) is 0 Å². The van der Waals surface area contributed by atoms with Crippen molar-refractivity contribution in [2.75, 3.05) is 19.6 Å². The Labute approximate surface area is 142 Å². The van der Waals surface area contributed by atoms with Crippen LogP contribution in [0.4, 0.5) is 0 Å². The van der Waals surface area contributed by atoms with E-state index < -0.39 is 0 Å². The Morgan fingerprint density at radius 3 is 2.75 bits per heavy atom. The summed E-state index contributed by atoms with van der Waals surface area (Å²) in [6.45, 7) is 5.65. The second kappa shape index (κ2) is 6.43. The van der Waals surface area contributed by atoms with Crippen LogP contribution in [0.1, 0.15) is 41.1 Å². The summed E-state index contributed by atoms with van der Waals surface area (Å²) in [5, 5.41) is 0. The third-order valence-electron chi connectivity index (χ3n) is 5.22. The van der Waals surface area contributed by atoms with Gasteiger partial charge >= 0.3 is 0 Å². The number of aromatic nitrogens is 3. The molecule has 0 unspecified atom stereocenters. The molecule has 0 radical (unpaired) electrons. The lowest BCUT2D eigenvalue weighted by atomic mass is 10.2. The van der Waals surface area contributed by atoms with E-state index in [4.69, 9.17) is 0 Å². The van der Waals surface area contributed by atoms with E-state index in [9.17, 15) is 4.79 Å². The number of hydrogen-bond acceptors (Lipinski definition) is 3. The van der Waals surface area contributed by atoms with Crippen LogP contribution < -0.4 is 0 Å². The van der Waals surface area contributed by atoms with Crippen molar-refractivity contribution in [2.24, 2.45) is 7.05 Å². The van der Waals surface area contributed by atoms with Gasteiger partial charge in [0.15, 0.2) is 0 Å². The van der Waals surface area contributed by atoms with Gasteiger partial charge in [-0.25, -0.2) is 4.98 Å². The Morgan fingerprint density at radius 1 is 1.17 bits per heavy atom. The van der Waals surface area contributed by atoms with E-state index >= 15 is 0 Å². The van der Waals surface area contributed by atoms with Gasteiger partial charge < -0.3 is 14.0 Å². The van der Waals surface area contributed by atoms with Gasteiger partial charge in [-0.05, 0) is 44.5 Å². The Bertz CT molecular complexity index is 726. The van der Waals surface area contributed by atoms with E-state index in [2.05, 4.69) is 14.5 Å². The van der Waals surface area contributed by atoms with Gasteiger partial charge in [-0.3, -0.25) is 9.69 Å². The summed E-state index contributed by atoms with van der Waals surface area (Å²) in [6.07, 6.45) is 7.43. The Balaban J connectivity index is 1.56. The highest BCUT2D eigenvalue weighted by Gasteiger charge is 2.25. The average molecular weight is 327 g/mol. The van der Waals surface area contributed by atoms with Crippen molar-refractivity contribution in [3.05, 3.63) is 41.7 Å². The van der Waals surface area contributed by atoms with E-state index in [0.29, 0.717) is 6.54 Å². The first-order valence-corrected chi connectivity index (χ1v) is 8.88. The van der Waals surface area contributed by atoms with Crippen molar-refractivity contribution in [1.29, 1.82) is 0 Å². The molecule has 1 fully saturated rings. The van der Waals surface area contributed by atoms with Crippen LogP contribution in [0.15, 0.2) is 24.7 Å². The van der Waals surface area contributed by atoms with E-state index in [1.54, 1.807) is 0 Å². The molecule has 24 heavy (non-hydrogen) atoms. The molecule has 4 rings (SSSR count). The molecule has 2 aliphatic heterocycles. The summed E-state index contributed by atoms with van der Waals surface area (Å²) in [6, 6.07) is 3.82. The number of aryl methyl sites for hydroxylation is 2. The summed E-state index contributed by atoms with van der Waals surface area (Å²) >= 11 is 0. The lowest BCUT2D eigenvalue weighted by Crippen LogP contribution is -2.32. The topological polar surface area (TPSA) is 46.3 Å². The maximum atomic E-state index is 12.9. The van der Waals surface area contributed by atoms with Crippen LogP contribution in [0.5, 0.6) is 0 Å². The second-order valence-corrected chi connectivity index (χ2v) is 6.90. The van der Waals surface area contributed by atoms with Crippen LogP contribution in [0, 0.1) is 0 Å². The highest BCUT2D eigenvalue weighted by atomic mass is 16.2. The van der Waals surface area contributed by atoms with Crippen LogP contribution >= 0.6 is 0 Å². The monoisotopic (exact) mass is 327 g/mol. The molecule has 2 aliphatic rings. The van der Waals surface area contributed by atoms with Gasteiger partial charge in [0, 0.05) is 32.9 Å². The van der Waals surface area contributed by atoms with Crippen molar-refractivity contribution in [1.82, 2.24) is 23.9 Å². The van der Waals surface area contributed by atoms with Gasteiger partial charge in [-0.1, -0.05) is 0 Å². The fourth-order valence-corrected chi connectivity index (χ4v) is 3.82. The molecule has 0 atom stereocenters. The summed E-state index contributed by atoms with van der Waals surface area (Å²) in [4.78, 5) is 22.0. The third kappa shape index (κ3) is 2.86. The number of carbonyl (C=O) groups excluding carboxylic acids is 1. The van der Waals surface area contributed by atoms with Crippen LogP contribution in [-0.2, 0) is 26.7 Å². The molecule has 0 bridgehead atoms. The number of rotatable bonds is 3. The highest BCUT2D eigenvalue weighted by molar-refractivity contribution is 5.92. The number of imidazole rings is 1. The zero-order valence-corrected chi connectivity index (χ0v) is 14.3. The quantitative estimate of drug-likeness (QED) is 0.864. The fourth-order valence-electron chi connectivity index (χ4n) is 3.82. The zero-order valence-electron chi connectivity index (χ0n) is 14.3. The van der Waals surface area contributed by atoms with Crippen molar-refractivity contribution in [3.8, 4) is 0 Å². The van der Waals surface area contributed by atoms with Crippen molar-refractivity contribution < 1.29 is 4.79 Å². The summed E-state index contributed by atoms with van der Waals surface area (Å²) in [5.74, 6) is 0.115. The predicted molar refractivity (Wildman–Crippen MR) is 91.5 cm³/mol. The maximum Gasteiger partial charge on any atom is 0.270 e. The van der Waals surface area contributed by atoms with E-state index in [-0.39, 0.29) is 5.91 Å². The third-order valence-corrected chi connectivity index (χ3v) is 5.22. The van der Waals surface area contributed by atoms with Crippen molar-refractivity contribution in [2.45, 2.75) is 38.9 Å². The number of carbonyl (C=O) groups is 1. The van der Waals surface area contributed by atoms with Gasteiger partial charge in [0.05, 0.1) is 24.3 Å². The van der Waals surface area contributed by atoms with E-state index in [0.717, 1.165) is 50.5 Å². The van der Waals surface area contributed by atoms with Gasteiger partial charge in [0.1, 0.15) is 5.69 Å². The molecule has 2 aromatic rings. The van der Waals surface area contributed by atoms with Gasteiger partial charge in [0.2, 0.25) is 0 Å². The largest absolute Gasteiger partial charge is 0.347 e. The van der Waals surface area contributed by atoms with E-state index in [1.165, 1.54) is 18.5 Å². The number of fused-ring (bicyclic) bond motifs is 1.